The number of esters is 4. The largest absolute Gasteiger partial charge is 0.427 e. The lowest BCUT2D eigenvalue weighted by atomic mass is 10.2. The molecule has 0 aliphatic carbocycles. The lowest BCUT2D eigenvalue weighted by Gasteiger charge is -2.08. The second-order valence-electron chi connectivity index (χ2n) is 7.90. The molecule has 3 rings (SSSR count). The minimum atomic E-state index is -0.607. The van der Waals surface area contributed by atoms with Crippen LogP contribution in [0.4, 0.5) is 0 Å². The number of carbonyl (C=O) groups is 4. The number of rotatable bonds is 12. The van der Waals surface area contributed by atoms with Crippen molar-refractivity contribution in [3.05, 3.63) is 109 Å². The van der Waals surface area contributed by atoms with E-state index in [0.29, 0.717) is 24.3 Å². The summed E-state index contributed by atoms with van der Waals surface area (Å²) >= 11 is 0. The molecule has 3 aromatic rings. The SMILES string of the molecule is C=CCCC(=O)Oc1ccc(C(=O)Oc2ccc(OC(=O)c3ccc(OC(=O)CCC=C)cc3)cc2)cc1. The Morgan fingerprint density at radius 3 is 1.11 bits per heavy atom. The highest BCUT2D eigenvalue weighted by Gasteiger charge is 2.13. The van der Waals surface area contributed by atoms with Gasteiger partial charge in [-0.1, -0.05) is 12.2 Å². The summed E-state index contributed by atoms with van der Waals surface area (Å²) in [7, 11) is 0. The number of carbonyl (C=O) groups excluding carboxylic acids is 4. The summed E-state index contributed by atoms with van der Waals surface area (Å²) in [5.74, 6) is -0.859. The molecule has 8 nitrogen and oxygen atoms in total. The topological polar surface area (TPSA) is 105 Å². The van der Waals surface area contributed by atoms with Crippen molar-refractivity contribution in [2.24, 2.45) is 0 Å². The van der Waals surface area contributed by atoms with Crippen LogP contribution in [0.2, 0.25) is 0 Å². The van der Waals surface area contributed by atoms with Gasteiger partial charge in [0.2, 0.25) is 0 Å². The minimum absolute atomic E-state index is 0.221. The third-order valence-corrected chi connectivity index (χ3v) is 4.99. The minimum Gasteiger partial charge on any atom is -0.427 e. The highest BCUT2D eigenvalue weighted by molar-refractivity contribution is 5.92. The van der Waals surface area contributed by atoms with Gasteiger partial charge >= 0.3 is 23.9 Å². The van der Waals surface area contributed by atoms with Crippen LogP contribution in [0.25, 0.3) is 0 Å². The van der Waals surface area contributed by atoms with E-state index in [-0.39, 0.29) is 35.5 Å². The molecular weight excluding hydrogens is 488 g/mol. The highest BCUT2D eigenvalue weighted by Crippen LogP contribution is 2.21. The van der Waals surface area contributed by atoms with Crippen LogP contribution in [0.15, 0.2) is 98.1 Å². The number of allylic oxidation sites excluding steroid dienone is 2. The predicted octanol–water partition coefficient (Wildman–Crippen LogP) is 5.87. The zero-order chi connectivity index (χ0) is 27.3. The van der Waals surface area contributed by atoms with Gasteiger partial charge in [0.05, 0.1) is 11.1 Å². The molecular formula is C30H26O8. The summed E-state index contributed by atoms with van der Waals surface area (Å²) in [6, 6.07) is 17.9. The molecule has 0 spiro atoms. The Kier molecular flexibility index (Phi) is 10.1. The quantitative estimate of drug-likeness (QED) is 0.168. The Bertz CT molecular complexity index is 1190. The molecule has 0 bridgehead atoms. The summed E-state index contributed by atoms with van der Waals surface area (Å²) in [6.45, 7) is 7.11. The first-order valence-corrected chi connectivity index (χ1v) is 11.8. The number of hydrogen-bond acceptors (Lipinski definition) is 8. The Morgan fingerprint density at radius 1 is 0.500 bits per heavy atom. The molecule has 0 aliphatic rings. The van der Waals surface area contributed by atoms with Gasteiger partial charge in [0.15, 0.2) is 0 Å². The van der Waals surface area contributed by atoms with Crippen molar-refractivity contribution < 1.29 is 38.1 Å². The van der Waals surface area contributed by atoms with Crippen LogP contribution in [0.5, 0.6) is 23.0 Å². The van der Waals surface area contributed by atoms with Crippen LogP contribution >= 0.6 is 0 Å². The maximum absolute atomic E-state index is 12.4. The van der Waals surface area contributed by atoms with Gasteiger partial charge in [-0.15, -0.1) is 13.2 Å². The first kappa shape index (κ1) is 27.6. The van der Waals surface area contributed by atoms with Crippen LogP contribution in [-0.2, 0) is 9.59 Å². The maximum atomic E-state index is 12.4. The van der Waals surface area contributed by atoms with Gasteiger partial charge in [-0.25, -0.2) is 9.59 Å². The van der Waals surface area contributed by atoms with Crippen LogP contribution in [0.3, 0.4) is 0 Å². The Hall–Kier alpha value is -4.98. The van der Waals surface area contributed by atoms with Crippen LogP contribution in [0, 0.1) is 0 Å². The molecule has 0 unspecified atom stereocenters. The summed E-state index contributed by atoms with van der Waals surface area (Å²) in [4.78, 5) is 48.2. The molecule has 194 valence electrons. The van der Waals surface area contributed by atoms with Gasteiger partial charge in [-0.3, -0.25) is 9.59 Å². The van der Waals surface area contributed by atoms with E-state index in [4.69, 9.17) is 18.9 Å². The number of hydrogen-bond donors (Lipinski definition) is 0. The van der Waals surface area contributed by atoms with Crippen LogP contribution < -0.4 is 18.9 Å². The monoisotopic (exact) mass is 514 g/mol. The standard InChI is InChI=1S/C30H26O8/c1-3-5-7-27(31)35-23-13-9-21(10-14-23)29(33)37-25-17-19-26(20-18-25)38-30(34)22-11-15-24(16-12-22)36-28(32)8-6-4-2/h3-4,9-20H,1-2,5-8H2. The highest BCUT2D eigenvalue weighted by atomic mass is 16.5. The normalized spacial score (nSPS) is 10.1. The van der Waals surface area contributed by atoms with E-state index in [0.717, 1.165) is 0 Å². The smallest absolute Gasteiger partial charge is 0.343 e. The number of benzene rings is 3. The molecule has 3 aromatic carbocycles. The van der Waals surface area contributed by atoms with Crippen molar-refractivity contribution in [1.82, 2.24) is 0 Å². The van der Waals surface area contributed by atoms with Crippen molar-refractivity contribution >= 4 is 23.9 Å². The molecule has 0 saturated carbocycles. The summed E-state index contributed by atoms with van der Waals surface area (Å²) in [6.07, 6.45) is 4.74. The van der Waals surface area contributed by atoms with Crippen molar-refractivity contribution in [1.29, 1.82) is 0 Å². The molecule has 0 aliphatic heterocycles. The predicted molar refractivity (Wildman–Crippen MR) is 139 cm³/mol. The van der Waals surface area contributed by atoms with Crippen molar-refractivity contribution in [3.8, 4) is 23.0 Å². The molecule has 0 radical (unpaired) electrons. The fourth-order valence-electron chi connectivity index (χ4n) is 3.03. The molecule has 0 fully saturated rings. The van der Waals surface area contributed by atoms with Gasteiger partial charge < -0.3 is 18.9 Å². The lowest BCUT2D eigenvalue weighted by Crippen LogP contribution is -2.10. The molecule has 38 heavy (non-hydrogen) atoms. The Labute approximate surface area is 220 Å². The maximum Gasteiger partial charge on any atom is 0.343 e. The summed E-state index contributed by atoms with van der Waals surface area (Å²) < 4.78 is 21.0. The van der Waals surface area contributed by atoms with E-state index in [1.165, 1.54) is 72.8 Å². The zero-order valence-corrected chi connectivity index (χ0v) is 20.6. The zero-order valence-electron chi connectivity index (χ0n) is 20.6. The van der Waals surface area contributed by atoms with Gasteiger partial charge in [0, 0.05) is 12.8 Å². The van der Waals surface area contributed by atoms with Crippen molar-refractivity contribution in [2.45, 2.75) is 25.7 Å². The average molecular weight is 515 g/mol. The first-order valence-electron chi connectivity index (χ1n) is 11.8. The van der Waals surface area contributed by atoms with E-state index in [9.17, 15) is 19.2 Å². The van der Waals surface area contributed by atoms with E-state index in [1.54, 1.807) is 12.2 Å². The summed E-state index contributed by atoms with van der Waals surface area (Å²) in [5, 5.41) is 0. The van der Waals surface area contributed by atoms with Gasteiger partial charge in [0.1, 0.15) is 23.0 Å². The van der Waals surface area contributed by atoms with Crippen molar-refractivity contribution in [3.63, 3.8) is 0 Å². The second kappa shape index (κ2) is 13.9. The Balaban J connectivity index is 1.51. The average Bonchev–Trinajstić information content (AvgIpc) is 2.92. The van der Waals surface area contributed by atoms with Crippen molar-refractivity contribution in [2.75, 3.05) is 0 Å². The summed E-state index contributed by atoms with van der Waals surface area (Å²) in [5.41, 5.74) is 0.530. The molecule has 0 saturated heterocycles. The van der Waals surface area contributed by atoms with Gasteiger partial charge in [-0.2, -0.15) is 0 Å². The van der Waals surface area contributed by atoms with E-state index >= 15 is 0 Å². The third kappa shape index (κ3) is 8.60. The molecule has 0 aromatic heterocycles. The third-order valence-electron chi connectivity index (χ3n) is 4.99. The number of ether oxygens (including phenoxy) is 4. The fraction of sp³-hybridized carbons (Fsp3) is 0.133. The lowest BCUT2D eigenvalue weighted by molar-refractivity contribution is -0.135. The van der Waals surface area contributed by atoms with Crippen LogP contribution in [0.1, 0.15) is 46.4 Å². The molecule has 0 atom stereocenters. The van der Waals surface area contributed by atoms with E-state index in [2.05, 4.69) is 13.2 Å². The first-order chi connectivity index (χ1) is 18.4. The fourth-order valence-corrected chi connectivity index (χ4v) is 3.03. The second-order valence-corrected chi connectivity index (χ2v) is 7.90. The molecule has 0 amide bonds. The van der Waals surface area contributed by atoms with E-state index < -0.39 is 23.9 Å². The van der Waals surface area contributed by atoms with Gasteiger partial charge in [-0.05, 0) is 85.6 Å². The Morgan fingerprint density at radius 2 is 0.789 bits per heavy atom. The molecule has 8 heteroatoms. The van der Waals surface area contributed by atoms with E-state index in [1.807, 2.05) is 0 Å². The molecule has 0 heterocycles. The molecule has 0 N–H and O–H groups in total. The van der Waals surface area contributed by atoms with Crippen LogP contribution in [-0.4, -0.2) is 23.9 Å². The van der Waals surface area contributed by atoms with Gasteiger partial charge in [0.25, 0.3) is 0 Å².